The lowest BCUT2D eigenvalue weighted by molar-refractivity contribution is 0.559. The Bertz CT molecular complexity index is 2280. The second-order valence-corrected chi connectivity index (χ2v) is 11.1. The van der Waals surface area contributed by atoms with Crippen LogP contribution in [0.15, 0.2) is 145 Å². The lowest BCUT2D eigenvalue weighted by Gasteiger charge is -2.29. The lowest BCUT2D eigenvalue weighted by Crippen LogP contribution is -2.45. The van der Waals surface area contributed by atoms with Crippen LogP contribution >= 0.6 is 0 Å². The molecule has 200 valence electrons. The normalized spacial score (nSPS) is 16.5. The number of hydrogen-bond acceptors (Lipinski definition) is 2. The van der Waals surface area contributed by atoms with E-state index < -0.39 is 0 Å². The Balaban J connectivity index is 1.31. The number of para-hydroxylation sites is 3. The highest BCUT2D eigenvalue weighted by Crippen LogP contribution is 2.39. The van der Waals surface area contributed by atoms with Crippen molar-refractivity contribution in [1.82, 2.24) is 19.8 Å². The minimum absolute atomic E-state index is 0.139. The summed E-state index contributed by atoms with van der Waals surface area (Å²) >= 11 is 0. The lowest BCUT2D eigenvalue weighted by atomic mass is 10.0. The number of allylic oxidation sites excluding steroid dienone is 2. The van der Waals surface area contributed by atoms with Crippen molar-refractivity contribution in [2.24, 2.45) is 0 Å². The fourth-order valence-corrected chi connectivity index (χ4v) is 6.82. The largest absolute Gasteiger partial charge is 0.366 e. The summed E-state index contributed by atoms with van der Waals surface area (Å²) in [6.07, 6.45) is 8.91. The highest BCUT2D eigenvalue weighted by atomic mass is 15.1. The standard InChI is InChI=1S/C38H28N4/c1-2-12-27(13-3-1)41-34-17-6-4-15-29(34)31-23-32-30-16-5-7-18-35(30)42(37(32)24-36(31)41)28-14-8-10-26(22-28)33-20-19-25-11-9-21-39-38(25)40-33/h1-20,22-24,38-40H,21H2. The third kappa shape index (κ3) is 3.46. The van der Waals surface area contributed by atoms with Crippen molar-refractivity contribution in [2.45, 2.75) is 6.17 Å². The van der Waals surface area contributed by atoms with Gasteiger partial charge >= 0.3 is 0 Å². The van der Waals surface area contributed by atoms with Gasteiger partial charge in [-0.2, -0.15) is 0 Å². The quantitative estimate of drug-likeness (QED) is 0.237. The minimum atomic E-state index is 0.139. The molecule has 0 radical (unpaired) electrons. The molecule has 0 saturated heterocycles. The van der Waals surface area contributed by atoms with Crippen LogP contribution in [-0.4, -0.2) is 21.8 Å². The van der Waals surface area contributed by atoms with Crippen molar-refractivity contribution in [1.29, 1.82) is 0 Å². The number of dihydropyridines is 1. The molecule has 2 aromatic heterocycles. The average Bonchev–Trinajstić information content (AvgIpc) is 3.56. The van der Waals surface area contributed by atoms with Gasteiger partial charge in [-0.25, -0.2) is 0 Å². The number of nitrogens with zero attached hydrogens (tertiary/aromatic N) is 2. The van der Waals surface area contributed by atoms with Crippen LogP contribution in [0.5, 0.6) is 0 Å². The highest BCUT2D eigenvalue weighted by Gasteiger charge is 2.21. The molecule has 0 bridgehead atoms. The van der Waals surface area contributed by atoms with Gasteiger partial charge in [-0.15, -0.1) is 0 Å². The fourth-order valence-electron chi connectivity index (χ4n) is 6.82. The number of aromatic nitrogens is 2. The van der Waals surface area contributed by atoms with Crippen molar-refractivity contribution in [2.75, 3.05) is 6.54 Å². The first kappa shape index (κ1) is 23.4. The van der Waals surface area contributed by atoms with Crippen LogP contribution < -0.4 is 10.6 Å². The van der Waals surface area contributed by atoms with Crippen LogP contribution in [-0.2, 0) is 0 Å². The number of fused-ring (bicyclic) bond motifs is 7. The summed E-state index contributed by atoms with van der Waals surface area (Å²) in [5, 5.41) is 12.3. The van der Waals surface area contributed by atoms with Gasteiger partial charge in [-0.05, 0) is 65.7 Å². The Kier molecular flexibility index (Phi) is 5.07. The zero-order valence-electron chi connectivity index (χ0n) is 23.0. The third-order valence-corrected chi connectivity index (χ3v) is 8.72. The van der Waals surface area contributed by atoms with Crippen molar-refractivity contribution >= 4 is 49.3 Å². The van der Waals surface area contributed by atoms with Gasteiger partial charge in [-0.3, -0.25) is 5.32 Å². The van der Waals surface area contributed by atoms with Gasteiger partial charge in [0.1, 0.15) is 6.17 Å². The van der Waals surface area contributed by atoms with Crippen molar-refractivity contribution in [3.8, 4) is 11.4 Å². The van der Waals surface area contributed by atoms with Crippen LogP contribution in [0.4, 0.5) is 0 Å². The van der Waals surface area contributed by atoms with E-state index in [-0.39, 0.29) is 6.17 Å². The fraction of sp³-hybridized carbons (Fsp3) is 0.0526. The van der Waals surface area contributed by atoms with Crippen LogP contribution in [0.1, 0.15) is 5.56 Å². The summed E-state index contributed by atoms with van der Waals surface area (Å²) in [6, 6.07) is 41.9. The SMILES string of the molecule is C1=CC2=CC=C(c3cccc(-n4c5ccccc5c5cc6c7ccccc7n(-c7ccccc7)c6cc54)c3)NC2NC1. The van der Waals surface area contributed by atoms with Gasteiger partial charge in [0, 0.05) is 45.2 Å². The zero-order chi connectivity index (χ0) is 27.6. The Morgan fingerprint density at radius 1 is 0.548 bits per heavy atom. The maximum atomic E-state index is 3.70. The van der Waals surface area contributed by atoms with E-state index in [1.165, 1.54) is 60.4 Å². The van der Waals surface area contributed by atoms with E-state index >= 15 is 0 Å². The molecule has 42 heavy (non-hydrogen) atoms. The van der Waals surface area contributed by atoms with Gasteiger partial charge in [0.25, 0.3) is 0 Å². The topological polar surface area (TPSA) is 33.9 Å². The smallest absolute Gasteiger partial charge is 0.103 e. The van der Waals surface area contributed by atoms with Crippen LogP contribution in [0, 0.1) is 0 Å². The monoisotopic (exact) mass is 540 g/mol. The van der Waals surface area contributed by atoms with Gasteiger partial charge in [0.05, 0.1) is 22.1 Å². The summed E-state index contributed by atoms with van der Waals surface area (Å²) in [7, 11) is 0. The molecule has 2 N–H and O–H groups in total. The zero-order valence-corrected chi connectivity index (χ0v) is 23.0. The van der Waals surface area contributed by atoms with Crippen LogP contribution in [0.25, 0.3) is 60.7 Å². The Hall–Kier alpha value is -5.32. The second kappa shape index (κ2) is 9.10. The molecule has 2 aliphatic rings. The Morgan fingerprint density at radius 3 is 1.98 bits per heavy atom. The van der Waals surface area contributed by atoms with E-state index in [1.54, 1.807) is 0 Å². The minimum Gasteiger partial charge on any atom is -0.366 e. The molecule has 0 amide bonds. The van der Waals surface area contributed by atoms with Gasteiger partial charge < -0.3 is 14.5 Å². The molecule has 4 nitrogen and oxygen atoms in total. The number of benzene rings is 5. The first-order valence-electron chi connectivity index (χ1n) is 14.5. The maximum absolute atomic E-state index is 3.70. The van der Waals surface area contributed by atoms with E-state index in [2.05, 4.69) is 159 Å². The van der Waals surface area contributed by atoms with Crippen molar-refractivity contribution in [3.63, 3.8) is 0 Å². The molecule has 1 unspecified atom stereocenters. The van der Waals surface area contributed by atoms with Gasteiger partial charge in [-0.1, -0.05) is 85.0 Å². The molecule has 4 heterocycles. The van der Waals surface area contributed by atoms with E-state index in [9.17, 15) is 0 Å². The van der Waals surface area contributed by atoms with Crippen molar-refractivity contribution < 1.29 is 0 Å². The molecule has 9 rings (SSSR count). The molecule has 5 aromatic carbocycles. The van der Waals surface area contributed by atoms with Crippen LogP contribution in [0.2, 0.25) is 0 Å². The van der Waals surface area contributed by atoms with Gasteiger partial charge in [0.2, 0.25) is 0 Å². The first-order chi connectivity index (χ1) is 20.8. The molecule has 4 heteroatoms. The molecule has 0 fully saturated rings. The van der Waals surface area contributed by atoms with E-state index in [4.69, 9.17) is 0 Å². The molecule has 7 aromatic rings. The number of hydrogen-bond donors (Lipinski definition) is 2. The van der Waals surface area contributed by atoms with E-state index in [0.717, 1.165) is 17.9 Å². The Morgan fingerprint density at radius 2 is 1.21 bits per heavy atom. The predicted octanol–water partition coefficient (Wildman–Crippen LogP) is 8.24. The maximum Gasteiger partial charge on any atom is 0.103 e. The van der Waals surface area contributed by atoms with E-state index in [1.807, 2.05) is 0 Å². The summed E-state index contributed by atoms with van der Waals surface area (Å²) in [6.45, 7) is 0.873. The molecule has 0 saturated carbocycles. The summed E-state index contributed by atoms with van der Waals surface area (Å²) in [4.78, 5) is 0. The summed E-state index contributed by atoms with van der Waals surface area (Å²) in [5.74, 6) is 0. The second-order valence-electron chi connectivity index (χ2n) is 11.1. The Labute approximate surface area is 243 Å². The van der Waals surface area contributed by atoms with Crippen LogP contribution in [0.3, 0.4) is 0 Å². The summed E-state index contributed by atoms with van der Waals surface area (Å²) < 4.78 is 4.82. The predicted molar refractivity (Wildman–Crippen MR) is 175 cm³/mol. The molecular formula is C38H28N4. The molecule has 2 aliphatic heterocycles. The van der Waals surface area contributed by atoms with Gasteiger partial charge in [0.15, 0.2) is 0 Å². The highest BCUT2D eigenvalue weighted by molar-refractivity contribution is 6.19. The molecular weight excluding hydrogens is 512 g/mol. The molecule has 1 atom stereocenters. The first-order valence-corrected chi connectivity index (χ1v) is 14.5. The average molecular weight is 541 g/mol. The molecule has 0 spiro atoms. The molecule has 0 aliphatic carbocycles. The number of nitrogens with one attached hydrogen (secondary N) is 2. The third-order valence-electron chi connectivity index (χ3n) is 8.72. The van der Waals surface area contributed by atoms with Crippen molar-refractivity contribution in [3.05, 3.63) is 151 Å². The van der Waals surface area contributed by atoms with E-state index in [0.29, 0.717) is 0 Å². The number of rotatable bonds is 3. The summed E-state index contributed by atoms with van der Waals surface area (Å²) in [5.41, 5.74) is 10.7.